The molecule has 0 bridgehead atoms. The molecule has 2 atom stereocenters. The topological polar surface area (TPSA) is 66.8 Å². The molecular weight excluding hydrogens is 330 g/mol. The number of carbonyl (C=O) groups excluding carboxylic acids is 1. The van der Waals surface area contributed by atoms with E-state index in [9.17, 15) is 14.7 Å². The summed E-state index contributed by atoms with van der Waals surface area (Å²) in [5, 5.41) is 9.37. The molecule has 2 saturated heterocycles. The van der Waals surface area contributed by atoms with Gasteiger partial charge in [0.25, 0.3) is 0 Å². The van der Waals surface area contributed by atoms with Crippen molar-refractivity contribution in [2.75, 3.05) is 19.7 Å². The SMILES string of the molecule is O=C(O)C1CCO[C@H]1C1CCN(C(=O)C2(Cc3ccccc3)CC2)CC1. The van der Waals surface area contributed by atoms with Crippen molar-refractivity contribution in [3.05, 3.63) is 35.9 Å². The van der Waals surface area contributed by atoms with Crippen LogP contribution in [-0.2, 0) is 20.7 Å². The lowest BCUT2D eigenvalue weighted by molar-refractivity contribution is -0.146. The number of benzene rings is 1. The first kappa shape index (κ1) is 17.5. The molecule has 1 aliphatic carbocycles. The molecule has 2 heterocycles. The maximum Gasteiger partial charge on any atom is 0.309 e. The summed E-state index contributed by atoms with van der Waals surface area (Å²) < 4.78 is 5.74. The van der Waals surface area contributed by atoms with Gasteiger partial charge in [0.1, 0.15) is 0 Å². The molecule has 3 fully saturated rings. The van der Waals surface area contributed by atoms with Crippen LogP contribution in [0.3, 0.4) is 0 Å². The highest BCUT2D eigenvalue weighted by Gasteiger charge is 2.52. The summed E-state index contributed by atoms with van der Waals surface area (Å²) in [7, 11) is 0. The number of carboxylic acid groups (broad SMARTS) is 1. The van der Waals surface area contributed by atoms with Gasteiger partial charge < -0.3 is 14.7 Å². The first-order valence-electron chi connectivity index (χ1n) is 9.77. The molecule has 1 amide bonds. The molecule has 1 saturated carbocycles. The van der Waals surface area contributed by atoms with Crippen molar-refractivity contribution < 1.29 is 19.4 Å². The summed E-state index contributed by atoms with van der Waals surface area (Å²) in [5.41, 5.74) is 1.04. The van der Waals surface area contributed by atoms with Gasteiger partial charge in [0.05, 0.1) is 17.4 Å². The lowest BCUT2D eigenvalue weighted by Crippen LogP contribution is -2.46. The van der Waals surface area contributed by atoms with Crippen molar-refractivity contribution in [1.29, 1.82) is 0 Å². The summed E-state index contributed by atoms with van der Waals surface area (Å²) >= 11 is 0. The van der Waals surface area contributed by atoms with E-state index in [0.717, 1.165) is 45.2 Å². The van der Waals surface area contributed by atoms with Crippen LogP contribution in [0, 0.1) is 17.3 Å². The molecule has 1 N–H and O–H groups in total. The largest absolute Gasteiger partial charge is 0.481 e. The average molecular weight is 357 g/mol. The molecule has 140 valence electrons. The predicted octanol–water partition coefficient (Wildman–Crippen LogP) is 2.74. The van der Waals surface area contributed by atoms with Gasteiger partial charge in [-0.2, -0.15) is 0 Å². The van der Waals surface area contributed by atoms with Crippen molar-refractivity contribution in [2.45, 2.75) is 44.6 Å². The Labute approximate surface area is 154 Å². The molecule has 5 heteroatoms. The number of ether oxygens (including phenoxy) is 1. The quantitative estimate of drug-likeness (QED) is 0.880. The maximum absolute atomic E-state index is 13.1. The number of carbonyl (C=O) groups is 2. The zero-order chi connectivity index (χ0) is 18.1. The third kappa shape index (κ3) is 3.37. The number of aliphatic carboxylic acids is 1. The Bertz CT molecular complexity index is 662. The summed E-state index contributed by atoms with van der Waals surface area (Å²) in [4.78, 5) is 26.5. The highest BCUT2D eigenvalue weighted by atomic mass is 16.5. The van der Waals surface area contributed by atoms with E-state index < -0.39 is 5.97 Å². The zero-order valence-electron chi connectivity index (χ0n) is 15.1. The van der Waals surface area contributed by atoms with Crippen LogP contribution in [0.1, 0.15) is 37.7 Å². The number of hydrogen-bond acceptors (Lipinski definition) is 3. The van der Waals surface area contributed by atoms with E-state index in [2.05, 4.69) is 12.1 Å². The number of nitrogens with zero attached hydrogens (tertiary/aromatic N) is 1. The van der Waals surface area contributed by atoms with Crippen LogP contribution in [0.15, 0.2) is 30.3 Å². The van der Waals surface area contributed by atoms with E-state index in [-0.39, 0.29) is 23.4 Å². The molecule has 26 heavy (non-hydrogen) atoms. The average Bonchev–Trinajstić information content (AvgIpc) is 3.26. The predicted molar refractivity (Wildman–Crippen MR) is 96.6 cm³/mol. The Balaban J connectivity index is 1.34. The van der Waals surface area contributed by atoms with Gasteiger partial charge in [0.15, 0.2) is 0 Å². The first-order chi connectivity index (χ1) is 12.6. The van der Waals surface area contributed by atoms with Crippen LogP contribution in [-0.4, -0.2) is 47.7 Å². The Morgan fingerprint density at radius 1 is 1.12 bits per heavy atom. The third-order valence-corrected chi connectivity index (χ3v) is 6.44. The van der Waals surface area contributed by atoms with E-state index in [4.69, 9.17) is 4.74 Å². The molecular formula is C21H27NO4. The second-order valence-corrected chi connectivity index (χ2v) is 8.14. The fourth-order valence-corrected chi connectivity index (χ4v) is 4.71. The van der Waals surface area contributed by atoms with E-state index in [0.29, 0.717) is 18.9 Å². The van der Waals surface area contributed by atoms with Gasteiger partial charge in [-0.3, -0.25) is 9.59 Å². The van der Waals surface area contributed by atoms with Gasteiger partial charge in [-0.1, -0.05) is 30.3 Å². The molecule has 3 aliphatic rings. The monoisotopic (exact) mass is 357 g/mol. The van der Waals surface area contributed by atoms with Crippen LogP contribution >= 0.6 is 0 Å². The van der Waals surface area contributed by atoms with Crippen LogP contribution in [0.5, 0.6) is 0 Å². The second kappa shape index (κ2) is 7.03. The molecule has 1 aromatic carbocycles. The van der Waals surface area contributed by atoms with Gasteiger partial charge in [0.2, 0.25) is 5.91 Å². The van der Waals surface area contributed by atoms with Crippen molar-refractivity contribution in [1.82, 2.24) is 4.90 Å². The zero-order valence-corrected chi connectivity index (χ0v) is 15.1. The van der Waals surface area contributed by atoms with Gasteiger partial charge >= 0.3 is 5.97 Å². The van der Waals surface area contributed by atoms with Crippen LogP contribution < -0.4 is 0 Å². The summed E-state index contributed by atoms with van der Waals surface area (Å²) in [6.45, 7) is 2.00. The minimum absolute atomic E-state index is 0.177. The highest BCUT2D eigenvalue weighted by Crippen LogP contribution is 2.50. The Morgan fingerprint density at radius 2 is 1.81 bits per heavy atom. The molecule has 0 spiro atoms. The molecule has 5 nitrogen and oxygen atoms in total. The number of hydrogen-bond donors (Lipinski definition) is 1. The minimum atomic E-state index is -0.745. The second-order valence-electron chi connectivity index (χ2n) is 8.14. The summed E-state index contributed by atoms with van der Waals surface area (Å²) in [6.07, 6.45) is 4.92. The lowest BCUT2D eigenvalue weighted by Gasteiger charge is -2.37. The van der Waals surface area contributed by atoms with E-state index in [1.54, 1.807) is 0 Å². The first-order valence-corrected chi connectivity index (χ1v) is 9.77. The maximum atomic E-state index is 13.1. The van der Waals surface area contributed by atoms with E-state index in [1.165, 1.54) is 5.56 Å². The van der Waals surface area contributed by atoms with Crippen molar-refractivity contribution >= 4 is 11.9 Å². The van der Waals surface area contributed by atoms with Gasteiger partial charge in [-0.15, -0.1) is 0 Å². The van der Waals surface area contributed by atoms with Crippen molar-refractivity contribution in [3.8, 4) is 0 Å². The molecule has 1 unspecified atom stereocenters. The fourth-order valence-electron chi connectivity index (χ4n) is 4.71. The summed E-state index contributed by atoms with van der Waals surface area (Å²) in [6, 6.07) is 10.3. The van der Waals surface area contributed by atoms with Gasteiger partial charge in [0, 0.05) is 19.7 Å². The Hall–Kier alpha value is -1.88. The van der Waals surface area contributed by atoms with E-state index >= 15 is 0 Å². The number of carboxylic acids is 1. The molecule has 4 rings (SSSR count). The fraction of sp³-hybridized carbons (Fsp3) is 0.619. The van der Waals surface area contributed by atoms with Gasteiger partial charge in [-0.05, 0) is 50.0 Å². The van der Waals surface area contributed by atoms with Crippen LogP contribution in [0.4, 0.5) is 0 Å². The standard InChI is InChI=1S/C21H27NO4/c23-19(24)17-8-13-26-18(17)16-6-11-22(12-7-16)20(25)21(9-10-21)14-15-4-2-1-3-5-15/h1-5,16-18H,6-14H2,(H,23,24)/t17?,18-/m0/s1. The van der Waals surface area contributed by atoms with E-state index in [1.807, 2.05) is 23.1 Å². The van der Waals surface area contributed by atoms with Crippen molar-refractivity contribution in [2.24, 2.45) is 17.3 Å². The van der Waals surface area contributed by atoms with Crippen LogP contribution in [0.25, 0.3) is 0 Å². The smallest absolute Gasteiger partial charge is 0.309 e. The van der Waals surface area contributed by atoms with Crippen LogP contribution in [0.2, 0.25) is 0 Å². The Morgan fingerprint density at radius 3 is 2.42 bits per heavy atom. The number of amides is 1. The third-order valence-electron chi connectivity index (χ3n) is 6.44. The molecule has 2 aliphatic heterocycles. The summed E-state index contributed by atoms with van der Waals surface area (Å²) in [5.74, 6) is -0.574. The molecule has 1 aromatic rings. The molecule has 0 aromatic heterocycles. The minimum Gasteiger partial charge on any atom is -0.481 e. The molecule has 0 radical (unpaired) electrons. The number of rotatable bonds is 5. The number of piperidine rings is 1. The van der Waals surface area contributed by atoms with Crippen molar-refractivity contribution in [3.63, 3.8) is 0 Å². The number of likely N-dealkylation sites (tertiary alicyclic amines) is 1. The van der Waals surface area contributed by atoms with Gasteiger partial charge in [-0.25, -0.2) is 0 Å². The normalized spacial score (nSPS) is 28.1. The Kier molecular flexibility index (Phi) is 4.74. The lowest BCUT2D eigenvalue weighted by atomic mass is 9.83. The highest BCUT2D eigenvalue weighted by molar-refractivity contribution is 5.85.